The minimum absolute atomic E-state index is 0.0975. The molecule has 1 atom stereocenters. The van der Waals surface area contributed by atoms with E-state index in [-0.39, 0.29) is 18.5 Å². The normalized spacial score (nSPS) is 12.9. The number of carbonyl (C=O) groups is 2. The molecule has 0 aromatic carbocycles. The van der Waals surface area contributed by atoms with Crippen LogP contribution in [0, 0.1) is 0 Å². The Hall–Kier alpha value is -2.10. The molecule has 0 aromatic heterocycles. The van der Waals surface area contributed by atoms with Gasteiger partial charge in [0.15, 0.2) is 0 Å². The molecule has 0 aromatic rings. The largest absolute Gasteiger partial charge is 0.481 e. The second kappa shape index (κ2) is 30.4. The third-order valence-corrected chi connectivity index (χ3v) is 6.76. The third kappa shape index (κ3) is 30.3. The number of hydrogen-bond acceptors (Lipinski definition) is 3. The van der Waals surface area contributed by atoms with Gasteiger partial charge in [-0.25, -0.2) is 0 Å². The van der Waals surface area contributed by atoms with Gasteiger partial charge >= 0.3 is 11.9 Å². The Kier molecular flexibility index (Phi) is 28.8. The lowest BCUT2D eigenvalue weighted by atomic mass is 10.1. The Morgan fingerprint density at radius 1 is 0.590 bits per heavy atom. The monoisotopic (exact) mass is 544 g/mol. The number of carboxylic acids is 1. The molecule has 0 saturated carbocycles. The number of carboxylic acid groups (broad SMARTS) is 1. The van der Waals surface area contributed by atoms with Gasteiger partial charge in [-0.15, -0.1) is 0 Å². The quantitative estimate of drug-likeness (QED) is 0.0604. The topological polar surface area (TPSA) is 63.6 Å². The number of unbranched alkanes of at least 4 members (excludes halogenated alkanes) is 13. The first kappa shape index (κ1) is 36.9. The zero-order valence-corrected chi connectivity index (χ0v) is 25.4. The number of rotatable bonds is 28. The van der Waals surface area contributed by atoms with Crippen molar-refractivity contribution >= 4 is 11.9 Å². The molecule has 0 heterocycles. The SMILES string of the molecule is CCCC/C=C\C/C=C\C(CCCCCCC(=O)O)OC(=O)CCCCCCC/C=C\C/C=C\CCCCC. The lowest BCUT2D eigenvalue weighted by Gasteiger charge is -2.14. The highest BCUT2D eigenvalue weighted by Crippen LogP contribution is 2.14. The molecule has 4 nitrogen and oxygen atoms in total. The summed E-state index contributed by atoms with van der Waals surface area (Å²) < 4.78 is 5.80. The van der Waals surface area contributed by atoms with Gasteiger partial charge in [-0.2, -0.15) is 0 Å². The molecule has 0 fully saturated rings. The summed E-state index contributed by atoms with van der Waals surface area (Å²) in [5, 5.41) is 8.77. The minimum Gasteiger partial charge on any atom is -0.481 e. The van der Waals surface area contributed by atoms with Crippen LogP contribution < -0.4 is 0 Å². The summed E-state index contributed by atoms with van der Waals surface area (Å²) in [4.78, 5) is 23.1. The molecular formula is C35H60O4. The Labute approximate surface area is 241 Å². The Morgan fingerprint density at radius 3 is 1.74 bits per heavy atom. The zero-order chi connectivity index (χ0) is 28.7. The van der Waals surface area contributed by atoms with Crippen molar-refractivity contribution in [2.45, 2.75) is 161 Å². The fourth-order valence-corrected chi connectivity index (χ4v) is 4.32. The molecule has 1 unspecified atom stereocenters. The smallest absolute Gasteiger partial charge is 0.306 e. The third-order valence-electron chi connectivity index (χ3n) is 6.76. The molecule has 0 aliphatic rings. The van der Waals surface area contributed by atoms with E-state index in [9.17, 15) is 9.59 Å². The van der Waals surface area contributed by atoms with Gasteiger partial charge < -0.3 is 9.84 Å². The van der Waals surface area contributed by atoms with Crippen LogP contribution in [0.15, 0.2) is 48.6 Å². The molecule has 39 heavy (non-hydrogen) atoms. The van der Waals surface area contributed by atoms with Gasteiger partial charge in [-0.05, 0) is 76.7 Å². The fourth-order valence-electron chi connectivity index (χ4n) is 4.32. The van der Waals surface area contributed by atoms with Crippen LogP contribution in [0.3, 0.4) is 0 Å². The van der Waals surface area contributed by atoms with E-state index in [0.717, 1.165) is 64.2 Å². The lowest BCUT2D eigenvalue weighted by Crippen LogP contribution is -2.16. The number of ether oxygens (including phenoxy) is 1. The van der Waals surface area contributed by atoms with Gasteiger partial charge in [0.2, 0.25) is 0 Å². The van der Waals surface area contributed by atoms with Crippen molar-refractivity contribution in [3.63, 3.8) is 0 Å². The summed E-state index contributed by atoms with van der Waals surface area (Å²) >= 11 is 0. The van der Waals surface area contributed by atoms with E-state index in [0.29, 0.717) is 12.8 Å². The predicted molar refractivity (Wildman–Crippen MR) is 167 cm³/mol. The van der Waals surface area contributed by atoms with Crippen molar-refractivity contribution < 1.29 is 19.4 Å². The van der Waals surface area contributed by atoms with Crippen molar-refractivity contribution in [3.05, 3.63) is 48.6 Å². The van der Waals surface area contributed by atoms with Crippen molar-refractivity contribution in [1.29, 1.82) is 0 Å². The maximum Gasteiger partial charge on any atom is 0.306 e. The first-order valence-corrected chi connectivity index (χ1v) is 16.1. The Morgan fingerprint density at radius 2 is 1.10 bits per heavy atom. The van der Waals surface area contributed by atoms with Crippen molar-refractivity contribution in [1.82, 2.24) is 0 Å². The average molecular weight is 545 g/mol. The maximum absolute atomic E-state index is 12.5. The summed E-state index contributed by atoms with van der Waals surface area (Å²) in [5.74, 6) is -0.829. The van der Waals surface area contributed by atoms with Gasteiger partial charge in [0.05, 0.1) is 0 Å². The first-order valence-electron chi connectivity index (χ1n) is 16.1. The average Bonchev–Trinajstić information content (AvgIpc) is 2.91. The number of carbonyl (C=O) groups excluding carboxylic acids is 1. The number of hydrogen-bond donors (Lipinski definition) is 1. The molecule has 224 valence electrons. The summed E-state index contributed by atoms with van der Waals surface area (Å²) in [6.07, 6.45) is 39.9. The standard InChI is InChI=1S/C35H60O4/c1-3-5-7-9-11-12-13-14-15-16-17-18-20-22-28-32-35(38)39-33(29-25-21-19-10-8-6-4-2)30-26-23-24-27-31-34(36)37/h10-12,14-15,19,25,29,33H,3-9,13,16-18,20-24,26-28,30-32H2,1-2H3,(H,36,37)/b12-11-,15-14-,19-10-,29-25-. The van der Waals surface area contributed by atoms with Gasteiger partial charge in [0, 0.05) is 12.8 Å². The summed E-state index contributed by atoms with van der Waals surface area (Å²) in [7, 11) is 0. The van der Waals surface area contributed by atoms with Crippen LogP contribution in [0.2, 0.25) is 0 Å². The predicted octanol–water partition coefficient (Wildman–Crippen LogP) is 10.8. The number of esters is 1. The highest BCUT2D eigenvalue weighted by Gasteiger charge is 2.11. The van der Waals surface area contributed by atoms with E-state index < -0.39 is 5.97 Å². The molecule has 0 aliphatic heterocycles. The molecule has 0 rings (SSSR count). The molecule has 0 aliphatic carbocycles. The molecule has 4 heteroatoms. The van der Waals surface area contributed by atoms with Gasteiger partial charge in [-0.3, -0.25) is 9.59 Å². The van der Waals surface area contributed by atoms with Gasteiger partial charge in [-0.1, -0.05) is 114 Å². The minimum atomic E-state index is -0.731. The highest BCUT2D eigenvalue weighted by molar-refractivity contribution is 5.69. The molecule has 0 radical (unpaired) electrons. The van der Waals surface area contributed by atoms with Crippen LogP contribution in [0.25, 0.3) is 0 Å². The van der Waals surface area contributed by atoms with Crippen molar-refractivity contribution in [3.8, 4) is 0 Å². The van der Waals surface area contributed by atoms with E-state index in [4.69, 9.17) is 9.84 Å². The molecular weight excluding hydrogens is 484 g/mol. The van der Waals surface area contributed by atoms with E-state index in [1.807, 2.05) is 6.08 Å². The molecule has 0 bridgehead atoms. The van der Waals surface area contributed by atoms with Crippen LogP contribution >= 0.6 is 0 Å². The molecule has 1 N–H and O–H groups in total. The Balaban J connectivity index is 4.08. The highest BCUT2D eigenvalue weighted by atomic mass is 16.5. The first-order chi connectivity index (χ1) is 19.1. The van der Waals surface area contributed by atoms with Gasteiger partial charge in [0.25, 0.3) is 0 Å². The van der Waals surface area contributed by atoms with Crippen molar-refractivity contribution in [2.24, 2.45) is 0 Å². The van der Waals surface area contributed by atoms with Gasteiger partial charge in [0.1, 0.15) is 6.10 Å². The maximum atomic E-state index is 12.5. The van der Waals surface area contributed by atoms with Crippen LogP contribution in [-0.2, 0) is 14.3 Å². The second-order valence-electron chi connectivity index (χ2n) is 10.6. The van der Waals surface area contributed by atoms with Crippen LogP contribution in [0.4, 0.5) is 0 Å². The summed E-state index contributed by atoms with van der Waals surface area (Å²) in [6, 6.07) is 0. The van der Waals surface area contributed by atoms with Crippen LogP contribution in [-0.4, -0.2) is 23.1 Å². The van der Waals surface area contributed by atoms with E-state index in [1.54, 1.807) is 0 Å². The Bertz CT molecular complexity index is 674. The van der Waals surface area contributed by atoms with Crippen LogP contribution in [0.1, 0.15) is 155 Å². The summed E-state index contributed by atoms with van der Waals surface area (Å²) in [5.41, 5.74) is 0. The molecule has 0 spiro atoms. The lowest BCUT2D eigenvalue weighted by molar-refractivity contribution is -0.147. The number of aliphatic carboxylic acids is 1. The molecule has 0 saturated heterocycles. The summed E-state index contributed by atoms with van der Waals surface area (Å²) in [6.45, 7) is 4.44. The zero-order valence-electron chi connectivity index (χ0n) is 25.4. The second-order valence-corrected chi connectivity index (χ2v) is 10.6. The van der Waals surface area contributed by atoms with Crippen LogP contribution in [0.5, 0.6) is 0 Å². The van der Waals surface area contributed by atoms with E-state index >= 15 is 0 Å². The van der Waals surface area contributed by atoms with E-state index in [1.165, 1.54) is 57.8 Å². The molecule has 0 amide bonds. The fraction of sp³-hybridized carbons (Fsp3) is 0.714. The van der Waals surface area contributed by atoms with Crippen molar-refractivity contribution in [2.75, 3.05) is 0 Å². The van der Waals surface area contributed by atoms with E-state index in [2.05, 4.69) is 56.4 Å². The number of allylic oxidation sites excluding steroid dienone is 7.